The van der Waals surface area contributed by atoms with Crippen molar-refractivity contribution in [1.29, 1.82) is 0 Å². The first-order chi connectivity index (χ1) is 10.8. The van der Waals surface area contributed by atoms with Crippen LogP contribution in [0, 0.1) is 5.92 Å². The molecule has 1 amide bonds. The van der Waals surface area contributed by atoms with Gasteiger partial charge in [-0.05, 0) is 49.3 Å². The molecule has 0 bridgehead atoms. The molecule has 4 nitrogen and oxygen atoms in total. The number of amides is 1. The fourth-order valence-electron chi connectivity index (χ4n) is 4.00. The van der Waals surface area contributed by atoms with Gasteiger partial charge < -0.3 is 10.6 Å². The third kappa shape index (κ3) is 4.45. The molecule has 3 atom stereocenters. The first-order valence-electron chi connectivity index (χ1n) is 8.70. The van der Waals surface area contributed by atoms with E-state index < -0.39 is 0 Å². The summed E-state index contributed by atoms with van der Waals surface area (Å²) >= 11 is 0. The minimum absolute atomic E-state index is 0. The van der Waals surface area contributed by atoms with Gasteiger partial charge in [0, 0.05) is 31.4 Å². The minimum atomic E-state index is 0. The SMILES string of the molecule is Cl.N[C@@H]1CCC[C@H]1CC(=O)N1CCCCCC1c1ccncc1. The number of halogens is 1. The summed E-state index contributed by atoms with van der Waals surface area (Å²) in [5.74, 6) is 0.680. The Bertz CT molecular complexity index is 496. The van der Waals surface area contributed by atoms with Crippen molar-refractivity contribution in [2.45, 2.75) is 63.5 Å². The fraction of sp³-hybridized carbons (Fsp3) is 0.667. The lowest BCUT2D eigenvalue weighted by atomic mass is 9.97. The second-order valence-electron chi connectivity index (χ2n) is 6.79. The molecule has 0 spiro atoms. The van der Waals surface area contributed by atoms with E-state index in [2.05, 4.69) is 22.0 Å². The Hall–Kier alpha value is -1.13. The largest absolute Gasteiger partial charge is 0.336 e. The number of hydrogen-bond acceptors (Lipinski definition) is 3. The topological polar surface area (TPSA) is 59.2 Å². The highest BCUT2D eigenvalue weighted by molar-refractivity contribution is 5.85. The molecule has 2 N–H and O–H groups in total. The summed E-state index contributed by atoms with van der Waals surface area (Å²) in [5, 5.41) is 0. The molecule has 128 valence electrons. The van der Waals surface area contributed by atoms with Crippen LogP contribution in [0.5, 0.6) is 0 Å². The average molecular weight is 338 g/mol. The van der Waals surface area contributed by atoms with Gasteiger partial charge in [-0.25, -0.2) is 0 Å². The highest BCUT2D eigenvalue weighted by Crippen LogP contribution is 2.33. The Kier molecular flexibility index (Phi) is 6.85. The standard InChI is InChI=1S/C18H27N3O.ClH/c19-16-6-4-5-15(16)13-18(22)21-12-3-1-2-7-17(21)14-8-10-20-11-9-14;/h8-11,15-17H,1-7,12-13,19H2;1H/t15-,16+,17?;/m0./s1. The molecule has 2 aliphatic rings. The molecular formula is C18H28ClN3O. The summed E-state index contributed by atoms with van der Waals surface area (Å²) in [6.45, 7) is 0.883. The van der Waals surface area contributed by atoms with E-state index in [1.165, 1.54) is 24.8 Å². The Morgan fingerprint density at radius 2 is 1.91 bits per heavy atom. The lowest BCUT2D eigenvalue weighted by Gasteiger charge is -2.32. The number of pyridine rings is 1. The van der Waals surface area contributed by atoms with Crippen LogP contribution < -0.4 is 5.73 Å². The van der Waals surface area contributed by atoms with Gasteiger partial charge in [0.05, 0.1) is 6.04 Å². The molecule has 1 aromatic heterocycles. The van der Waals surface area contributed by atoms with E-state index in [1.54, 1.807) is 0 Å². The van der Waals surface area contributed by atoms with Gasteiger partial charge >= 0.3 is 0 Å². The fourth-order valence-corrected chi connectivity index (χ4v) is 4.00. The van der Waals surface area contributed by atoms with Crippen molar-refractivity contribution < 1.29 is 4.79 Å². The van der Waals surface area contributed by atoms with Crippen LogP contribution in [0.4, 0.5) is 0 Å². The number of nitrogens with two attached hydrogens (primary N) is 1. The highest BCUT2D eigenvalue weighted by Gasteiger charge is 2.31. The predicted molar refractivity (Wildman–Crippen MR) is 94.3 cm³/mol. The Morgan fingerprint density at radius 3 is 2.61 bits per heavy atom. The Labute approximate surface area is 145 Å². The second kappa shape index (κ2) is 8.65. The second-order valence-corrected chi connectivity index (χ2v) is 6.79. The smallest absolute Gasteiger partial charge is 0.223 e. The van der Waals surface area contributed by atoms with Crippen LogP contribution in [0.15, 0.2) is 24.5 Å². The minimum Gasteiger partial charge on any atom is -0.336 e. The van der Waals surface area contributed by atoms with Crippen molar-refractivity contribution in [1.82, 2.24) is 9.88 Å². The quantitative estimate of drug-likeness (QED) is 0.918. The van der Waals surface area contributed by atoms with Crippen LogP contribution in [-0.2, 0) is 4.79 Å². The maximum absolute atomic E-state index is 12.9. The number of likely N-dealkylation sites (tertiary alicyclic amines) is 1. The van der Waals surface area contributed by atoms with E-state index in [0.717, 1.165) is 32.2 Å². The maximum Gasteiger partial charge on any atom is 0.223 e. The van der Waals surface area contributed by atoms with Crippen LogP contribution >= 0.6 is 12.4 Å². The number of carbonyl (C=O) groups is 1. The van der Waals surface area contributed by atoms with Gasteiger partial charge in [0.25, 0.3) is 0 Å². The third-order valence-electron chi connectivity index (χ3n) is 5.32. The van der Waals surface area contributed by atoms with Crippen LogP contribution in [0.25, 0.3) is 0 Å². The summed E-state index contributed by atoms with van der Waals surface area (Å²) in [6, 6.07) is 4.54. The maximum atomic E-state index is 12.9. The van der Waals surface area contributed by atoms with Crippen LogP contribution in [0.2, 0.25) is 0 Å². The highest BCUT2D eigenvalue weighted by atomic mass is 35.5. The van der Waals surface area contributed by atoms with Crippen LogP contribution in [0.3, 0.4) is 0 Å². The molecule has 3 rings (SSSR count). The molecule has 1 aliphatic heterocycles. The first kappa shape index (κ1) is 18.2. The zero-order chi connectivity index (χ0) is 15.4. The van der Waals surface area contributed by atoms with Gasteiger partial charge in [-0.15, -0.1) is 12.4 Å². The van der Waals surface area contributed by atoms with Gasteiger partial charge in [0.2, 0.25) is 5.91 Å². The van der Waals surface area contributed by atoms with Crippen LogP contribution in [-0.4, -0.2) is 28.4 Å². The van der Waals surface area contributed by atoms with Gasteiger partial charge in [0.1, 0.15) is 0 Å². The summed E-state index contributed by atoms with van der Waals surface area (Å²) in [5.41, 5.74) is 7.38. The zero-order valence-electron chi connectivity index (χ0n) is 13.7. The first-order valence-corrected chi connectivity index (χ1v) is 8.70. The van der Waals surface area contributed by atoms with Crippen LogP contribution in [0.1, 0.15) is 63.0 Å². The van der Waals surface area contributed by atoms with E-state index in [0.29, 0.717) is 18.2 Å². The van der Waals surface area contributed by atoms with E-state index in [1.807, 2.05) is 12.4 Å². The normalized spacial score (nSPS) is 28.0. The molecule has 2 fully saturated rings. The van der Waals surface area contributed by atoms with Crippen molar-refractivity contribution in [3.63, 3.8) is 0 Å². The van der Waals surface area contributed by atoms with Gasteiger partial charge in [0.15, 0.2) is 0 Å². The van der Waals surface area contributed by atoms with E-state index in [9.17, 15) is 4.79 Å². The van der Waals surface area contributed by atoms with Gasteiger partial charge in [-0.1, -0.05) is 19.3 Å². The summed E-state index contributed by atoms with van der Waals surface area (Å²) < 4.78 is 0. The van der Waals surface area contributed by atoms with E-state index in [-0.39, 0.29) is 24.5 Å². The monoisotopic (exact) mass is 337 g/mol. The Morgan fingerprint density at radius 1 is 1.13 bits per heavy atom. The third-order valence-corrected chi connectivity index (χ3v) is 5.32. The average Bonchev–Trinajstić information content (AvgIpc) is 2.80. The number of rotatable bonds is 3. The van der Waals surface area contributed by atoms with E-state index in [4.69, 9.17) is 5.73 Å². The molecule has 2 heterocycles. The van der Waals surface area contributed by atoms with Crippen molar-refractivity contribution >= 4 is 18.3 Å². The number of nitrogens with zero attached hydrogens (tertiary/aromatic N) is 2. The number of hydrogen-bond donors (Lipinski definition) is 1. The van der Waals surface area contributed by atoms with Gasteiger partial charge in [-0.3, -0.25) is 9.78 Å². The molecule has 1 saturated heterocycles. The van der Waals surface area contributed by atoms with Gasteiger partial charge in [-0.2, -0.15) is 0 Å². The molecule has 23 heavy (non-hydrogen) atoms. The van der Waals surface area contributed by atoms with Crippen molar-refractivity contribution in [3.05, 3.63) is 30.1 Å². The molecule has 0 radical (unpaired) electrons. The zero-order valence-corrected chi connectivity index (χ0v) is 14.5. The lowest BCUT2D eigenvalue weighted by Crippen LogP contribution is -2.37. The predicted octanol–water partition coefficient (Wildman–Crippen LogP) is 3.46. The van der Waals surface area contributed by atoms with Crippen molar-refractivity contribution in [2.75, 3.05) is 6.54 Å². The molecule has 1 aliphatic carbocycles. The summed E-state index contributed by atoms with van der Waals surface area (Å²) in [4.78, 5) is 19.1. The molecule has 1 aromatic rings. The number of carbonyl (C=O) groups excluding carboxylic acids is 1. The molecule has 0 aromatic carbocycles. The number of aromatic nitrogens is 1. The summed E-state index contributed by atoms with van der Waals surface area (Å²) in [6.07, 6.45) is 12.2. The molecule has 5 heteroatoms. The molecule has 1 saturated carbocycles. The Balaban J connectivity index is 0.00000192. The molecular weight excluding hydrogens is 310 g/mol. The van der Waals surface area contributed by atoms with E-state index >= 15 is 0 Å². The van der Waals surface area contributed by atoms with Crippen molar-refractivity contribution in [3.8, 4) is 0 Å². The lowest BCUT2D eigenvalue weighted by molar-refractivity contribution is -0.134. The summed E-state index contributed by atoms with van der Waals surface area (Å²) in [7, 11) is 0. The van der Waals surface area contributed by atoms with Crippen molar-refractivity contribution in [2.24, 2.45) is 11.7 Å². The molecule has 1 unspecified atom stereocenters.